The summed E-state index contributed by atoms with van der Waals surface area (Å²) in [6.07, 6.45) is -0.567. The standard InChI is InChI=1S/C18H22ClNO2/c1-13-6-8-18(9-7-13)22-12-17(21)11-20-14(2)15-4-3-5-16(19)10-15/h3-10,14,17,20-21H,11-12H2,1-2H3. The van der Waals surface area contributed by atoms with Crippen LogP contribution >= 0.6 is 11.6 Å². The van der Waals surface area contributed by atoms with Crippen molar-refractivity contribution in [1.29, 1.82) is 0 Å². The molecular formula is C18H22ClNO2. The molecule has 22 heavy (non-hydrogen) atoms. The molecule has 2 atom stereocenters. The van der Waals surface area contributed by atoms with E-state index in [1.807, 2.05) is 62.4 Å². The van der Waals surface area contributed by atoms with Gasteiger partial charge >= 0.3 is 0 Å². The summed E-state index contributed by atoms with van der Waals surface area (Å²) < 4.78 is 5.57. The predicted molar refractivity (Wildman–Crippen MR) is 90.6 cm³/mol. The van der Waals surface area contributed by atoms with E-state index in [1.54, 1.807) is 0 Å². The van der Waals surface area contributed by atoms with Crippen molar-refractivity contribution in [3.63, 3.8) is 0 Å². The van der Waals surface area contributed by atoms with Gasteiger partial charge in [-0.15, -0.1) is 0 Å². The minimum Gasteiger partial charge on any atom is -0.491 e. The molecule has 0 amide bonds. The summed E-state index contributed by atoms with van der Waals surface area (Å²) in [5.41, 5.74) is 2.28. The van der Waals surface area contributed by atoms with Crippen LogP contribution in [0.4, 0.5) is 0 Å². The molecular weight excluding hydrogens is 298 g/mol. The third-order valence-electron chi connectivity index (χ3n) is 3.47. The summed E-state index contributed by atoms with van der Waals surface area (Å²) in [5.74, 6) is 0.771. The average molecular weight is 320 g/mol. The van der Waals surface area contributed by atoms with Crippen LogP contribution in [0.25, 0.3) is 0 Å². The molecule has 0 heterocycles. The molecule has 0 aliphatic carbocycles. The highest BCUT2D eigenvalue weighted by molar-refractivity contribution is 6.30. The average Bonchev–Trinajstić information content (AvgIpc) is 2.52. The lowest BCUT2D eigenvalue weighted by atomic mass is 10.1. The van der Waals surface area contributed by atoms with Crippen LogP contribution in [-0.2, 0) is 0 Å². The van der Waals surface area contributed by atoms with Gasteiger partial charge in [0, 0.05) is 17.6 Å². The molecule has 0 bridgehead atoms. The zero-order valence-corrected chi connectivity index (χ0v) is 13.7. The maximum absolute atomic E-state index is 10.0. The maximum atomic E-state index is 10.0. The first-order chi connectivity index (χ1) is 10.5. The van der Waals surface area contributed by atoms with Gasteiger partial charge in [-0.05, 0) is 43.7 Å². The highest BCUT2D eigenvalue weighted by Crippen LogP contribution is 2.17. The first-order valence-electron chi connectivity index (χ1n) is 7.41. The number of nitrogens with one attached hydrogen (secondary N) is 1. The minimum absolute atomic E-state index is 0.118. The second-order valence-corrected chi connectivity index (χ2v) is 5.90. The van der Waals surface area contributed by atoms with Gasteiger partial charge in [-0.3, -0.25) is 0 Å². The largest absolute Gasteiger partial charge is 0.491 e. The smallest absolute Gasteiger partial charge is 0.119 e. The van der Waals surface area contributed by atoms with Crippen LogP contribution in [0, 0.1) is 6.92 Å². The van der Waals surface area contributed by atoms with E-state index >= 15 is 0 Å². The molecule has 2 unspecified atom stereocenters. The molecule has 2 N–H and O–H groups in total. The number of rotatable bonds is 7. The lowest BCUT2D eigenvalue weighted by Crippen LogP contribution is -2.33. The number of aryl methyl sites for hydroxylation is 1. The van der Waals surface area contributed by atoms with Crippen LogP contribution in [0.5, 0.6) is 5.75 Å². The van der Waals surface area contributed by atoms with E-state index in [1.165, 1.54) is 5.56 Å². The van der Waals surface area contributed by atoms with Crippen molar-refractivity contribution >= 4 is 11.6 Å². The van der Waals surface area contributed by atoms with E-state index in [0.717, 1.165) is 16.3 Å². The second kappa shape index (κ2) is 8.18. The van der Waals surface area contributed by atoms with E-state index in [9.17, 15) is 5.11 Å². The molecule has 0 fully saturated rings. The fraction of sp³-hybridized carbons (Fsp3) is 0.333. The lowest BCUT2D eigenvalue weighted by molar-refractivity contribution is 0.104. The highest BCUT2D eigenvalue weighted by atomic mass is 35.5. The fourth-order valence-corrected chi connectivity index (χ4v) is 2.29. The first-order valence-corrected chi connectivity index (χ1v) is 7.79. The highest BCUT2D eigenvalue weighted by Gasteiger charge is 2.10. The Hall–Kier alpha value is -1.55. The van der Waals surface area contributed by atoms with Crippen LogP contribution in [0.3, 0.4) is 0 Å². The van der Waals surface area contributed by atoms with Crippen molar-refractivity contribution in [1.82, 2.24) is 5.32 Å². The normalized spacial score (nSPS) is 13.6. The van der Waals surface area contributed by atoms with Gasteiger partial charge < -0.3 is 15.2 Å². The number of aliphatic hydroxyl groups excluding tert-OH is 1. The summed E-state index contributed by atoms with van der Waals surface area (Å²) in [5, 5.41) is 14.0. The topological polar surface area (TPSA) is 41.5 Å². The van der Waals surface area contributed by atoms with Gasteiger partial charge in [0.1, 0.15) is 18.5 Å². The van der Waals surface area contributed by atoms with Gasteiger partial charge in [0.15, 0.2) is 0 Å². The Kier molecular flexibility index (Phi) is 6.25. The molecule has 2 rings (SSSR count). The third-order valence-corrected chi connectivity index (χ3v) is 3.71. The van der Waals surface area contributed by atoms with Gasteiger partial charge in [0.25, 0.3) is 0 Å². The van der Waals surface area contributed by atoms with E-state index in [2.05, 4.69) is 5.32 Å². The van der Waals surface area contributed by atoms with Crippen molar-refractivity contribution in [2.45, 2.75) is 26.0 Å². The predicted octanol–water partition coefficient (Wildman–Crippen LogP) is 3.74. The number of benzene rings is 2. The number of ether oxygens (including phenoxy) is 1. The van der Waals surface area contributed by atoms with E-state index in [-0.39, 0.29) is 12.6 Å². The van der Waals surface area contributed by atoms with Crippen molar-refractivity contribution in [2.75, 3.05) is 13.2 Å². The molecule has 0 aliphatic rings. The first kappa shape index (κ1) is 16.8. The molecule has 0 aliphatic heterocycles. The molecule has 0 saturated heterocycles. The zero-order chi connectivity index (χ0) is 15.9. The summed E-state index contributed by atoms with van der Waals surface area (Å²) >= 11 is 5.98. The molecule has 3 nitrogen and oxygen atoms in total. The van der Waals surface area contributed by atoms with Gasteiger partial charge in [-0.25, -0.2) is 0 Å². The van der Waals surface area contributed by atoms with Gasteiger partial charge in [-0.1, -0.05) is 41.4 Å². The van der Waals surface area contributed by atoms with Crippen LogP contribution in [0.15, 0.2) is 48.5 Å². The molecule has 0 aromatic heterocycles. The minimum atomic E-state index is -0.567. The molecule has 2 aromatic carbocycles. The Morgan fingerprint density at radius 3 is 2.59 bits per heavy atom. The van der Waals surface area contributed by atoms with Crippen LogP contribution in [0.1, 0.15) is 24.1 Å². The van der Waals surface area contributed by atoms with Gasteiger partial charge in [0.2, 0.25) is 0 Å². The van der Waals surface area contributed by atoms with E-state index in [0.29, 0.717) is 6.54 Å². The lowest BCUT2D eigenvalue weighted by Gasteiger charge is -2.18. The molecule has 4 heteroatoms. The van der Waals surface area contributed by atoms with Crippen molar-refractivity contribution < 1.29 is 9.84 Å². The summed E-state index contributed by atoms with van der Waals surface area (Å²) in [6, 6.07) is 15.6. The Bertz CT molecular complexity index is 586. The van der Waals surface area contributed by atoms with Gasteiger partial charge in [-0.2, -0.15) is 0 Å². The summed E-state index contributed by atoms with van der Waals surface area (Å²) in [6.45, 7) is 4.79. The van der Waals surface area contributed by atoms with Crippen LogP contribution in [-0.4, -0.2) is 24.4 Å². The van der Waals surface area contributed by atoms with E-state index < -0.39 is 6.10 Å². The fourth-order valence-electron chi connectivity index (χ4n) is 2.09. The second-order valence-electron chi connectivity index (χ2n) is 5.46. The quantitative estimate of drug-likeness (QED) is 0.817. The van der Waals surface area contributed by atoms with Crippen molar-refractivity contribution in [3.05, 3.63) is 64.7 Å². The Morgan fingerprint density at radius 1 is 1.18 bits per heavy atom. The summed E-state index contributed by atoms with van der Waals surface area (Å²) in [7, 11) is 0. The zero-order valence-electron chi connectivity index (χ0n) is 12.9. The SMILES string of the molecule is Cc1ccc(OCC(O)CNC(C)c2cccc(Cl)c2)cc1. The molecule has 2 aromatic rings. The van der Waals surface area contributed by atoms with Gasteiger partial charge in [0.05, 0.1) is 0 Å². The van der Waals surface area contributed by atoms with E-state index in [4.69, 9.17) is 16.3 Å². The number of hydrogen-bond donors (Lipinski definition) is 2. The summed E-state index contributed by atoms with van der Waals surface area (Å²) in [4.78, 5) is 0. The third kappa shape index (κ3) is 5.34. The van der Waals surface area contributed by atoms with Crippen LogP contribution < -0.4 is 10.1 Å². The molecule has 0 radical (unpaired) electrons. The number of hydrogen-bond acceptors (Lipinski definition) is 3. The van der Waals surface area contributed by atoms with Crippen molar-refractivity contribution in [3.8, 4) is 5.75 Å². The Morgan fingerprint density at radius 2 is 1.91 bits per heavy atom. The molecule has 0 saturated carbocycles. The van der Waals surface area contributed by atoms with Crippen molar-refractivity contribution in [2.24, 2.45) is 0 Å². The monoisotopic (exact) mass is 319 g/mol. The maximum Gasteiger partial charge on any atom is 0.119 e. The number of halogens is 1. The Labute approximate surface area is 136 Å². The molecule has 118 valence electrons. The Balaban J connectivity index is 1.75. The number of aliphatic hydroxyl groups is 1. The molecule has 0 spiro atoms. The van der Waals surface area contributed by atoms with Crippen LogP contribution in [0.2, 0.25) is 5.02 Å².